The Morgan fingerprint density at radius 2 is 1.65 bits per heavy atom. The molecule has 8 heteroatoms. The van der Waals surface area contributed by atoms with Crippen LogP contribution in [0.1, 0.15) is 11.3 Å². The summed E-state index contributed by atoms with van der Waals surface area (Å²) in [5.74, 6) is 0. The molecular formula is C15H15ClN6Pt. The third-order valence-electron chi connectivity index (χ3n) is 3.61. The maximum atomic E-state index is 4.61. The van der Waals surface area contributed by atoms with Gasteiger partial charge in [-0.25, -0.2) is 6.07 Å². The van der Waals surface area contributed by atoms with Crippen LogP contribution >= 0.6 is 9.42 Å². The topological polar surface area (TPSA) is 45.0 Å². The van der Waals surface area contributed by atoms with E-state index in [4.69, 9.17) is 0 Å². The molecule has 0 aliphatic carbocycles. The number of aromatic nitrogens is 6. The van der Waals surface area contributed by atoms with E-state index in [0.717, 1.165) is 16.9 Å². The van der Waals surface area contributed by atoms with Crippen molar-refractivity contribution < 1.29 is 18.8 Å². The molecule has 0 saturated heterocycles. The van der Waals surface area contributed by atoms with Gasteiger partial charge >= 0.3 is 28.2 Å². The summed E-state index contributed by atoms with van der Waals surface area (Å²) in [4.78, 5) is 0. The molecule has 4 aromatic rings. The van der Waals surface area contributed by atoms with Gasteiger partial charge in [-0.15, -0.1) is 0 Å². The Bertz CT molecular complexity index is 860. The van der Waals surface area contributed by atoms with Gasteiger partial charge in [-0.3, -0.25) is 9.36 Å². The predicted octanol–water partition coefficient (Wildman–Crippen LogP) is 2.25. The zero-order chi connectivity index (χ0) is 16.2. The van der Waals surface area contributed by atoms with Crippen LogP contribution in [0, 0.1) is 6.07 Å². The molecule has 4 heterocycles. The second kappa shape index (κ2) is 7.19. The Morgan fingerprint density at radius 3 is 2.26 bits per heavy atom. The van der Waals surface area contributed by atoms with Gasteiger partial charge in [0.05, 0.1) is 6.54 Å². The third kappa shape index (κ3) is 3.28. The molecule has 0 radical (unpaired) electrons. The number of rotatable bonds is 4. The van der Waals surface area contributed by atoms with Gasteiger partial charge in [0.25, 0.3) is 0 Å². The van der Waals surface area contributed by atoms with Gasteiger partial charge in [0.1, 0.15) is 0 Å². The van der Waals surface area contributed by atoms with Crippen LogP contribution in [-0.4, -0.2) is 28.5 Å². The van der Waals surface area contributed by atoms with E-state index in [2.05, 4.69) is 47.0 Å². The van der Waals surface area contributed by atoms with Gasteiger partial charge in [0, 0.05) is 43.7 Å². The normalized spacial score (nSPS) is 10.8. The zero-order valence-corrected chi connectivity index (χ0v) is 15.4. The zero-order valence-electron chi connectivity index (χ0n) is 12.4. The first-order chi connectivity index (χ1) is 11.3. The molecule has 0 bridgehead atoms. The van der Waals surface area contributed by atoms with Crippen molar-refractivity contribution in [2.45, 2.75) is 13.1 Å². The van der Waals surface area contributed by atoms with Gasteiger partial charge in [-0.05, 0) is 24.8 Å². The average Bonchev–Trinajstić information content (AvgIpc) is 3.32. The number of nitrogens with zero attached hydrogens (tertiary/aromatic N) is 6. The number of halogens is 1. The van der Waals surface area contributed by atoms with Gasteiger partial charge < -0.3 is 8.97 Å². The Labute approximate surface area is 149 Å². The molecule has 6 nitrogen and oxygen atoms in total. The minimum absolute atomic E-state index is 0.706. The molecular weight excluding hydrogens is 495 g/mol. The molecule has 23 heavy (non-hydrogen) atoms. The minimum atomic E-state index is 0.706. The Balaban J connectivity index is 0.000000753. The summed E-state index contributed by atoms with van der Waals surface area (Å²) in [6.45, 7) is 1.42. The first-order valence-electron chi connectivity index (χ1n) is 6.94. The van der Waals surface area contributed by atoms with Crippen LogP contribution in [0.3, 0.4) is 0 Å². The van der Waals surface area contributed by atoms with Crippen molar-refractivity contribution in [3.63, 3.8) is 0 Å². The van der Waals surface area contributed by atoms with Crippen molar-refractivity contribution >= 4 is 15.1 Å². The van der Waals surface area contributed by atoms with Crippen LogP contribution < -0.4 is 0 Å². The molecule has 0 atom stereocenters. The van der Waals surface area contributed by atoms with Crippen LogP contribution in [0.15, 0.2) is 49.3 Å². The van der Waals surface area contributed by atoms with Crippen molar-refractivity contribution in [2.24, 2.45) is 7.05 Å². The number of imidazole rings is 1. The monoisotopic (exact) mass is 509 g/mol. The fourth-order valence-corrected chi connectivity index (χ4v) is 2.67. The van der Waals surface area contributed by atoms with E-state index in [1.165, 1.54) is 0 Å². The number of hydrogen-bond acceptors (Lipinski definition) is 2. The Kier molecular flexibility index (Phi) is 5.03. The van der Waals surface area contributed by atoms with Crippen molar-refractivity contribution in [3.05, 3.63) is 66.6 Å². The Morgan fingerprint density at radius 1 is 1.00 bits per heavy atom. The molecule has 0 spiro atoms. The molecule has 122 valence electrons. The molecule has 0 fully saturated rings. The van der Waals surface area contributed by atoms with E-state index >= 15 is 0 Å². The fourth-order valence-electron chi connectivity index (χ4n) is 2.67. The van der Waals surface area contributed by atoms with Gasteiger partial charge in [0.2, 0.25) is 0 Å². The molecule has 0 aliphatic rings. The third-order valence-corrected chi connectivity index (χ3v) is 3.61. The van der Waals surface area contributed by atoms with Crippen molar-refractivity contribution in [2.75, 3.05) is 0 Å². The average molecular weight is 510 g/mol. The van der Waals surface area contributed by atoms with Crippen LogP contribution in [-0.2, 0) is 38.9 Å². The second-order valence-corrected chi connectivity index (χ2v) is 5.06. The SMILES string of the molecule is Cn1ccn2c(Cn3cccn3)[c-]c(Cn3cccn3)c12.[Cl][Pt+]. The van der Waals surface area contributed by atoms with E-state index in [-0.39, 0.29) is 0 Å². The van der Waals surface area contributed by atoms with Crippen molar-refractivity contribution in [1.82, 2.24) is 28.5 Å². The summed E-state index contributed by atoms with van der Waals surface area (Å²) in [6.07, 6.45) is 11.6. The molecule has 0 saturated carbocycles. The Hall–Kier alpha value is -1.78. The first-order valence-corrected chi connectivity index (χ1v) is 9.76. The summed E-state index contributed by atoms with van der Waals surface area (Å²) >= 11 is 1.61. The van der Waals surface area contributed by atoms with E-state index < -0.39 is 0 Å². The van der Waals surface area contributed by atoms with Crippen molar-refractivity contribution in [3.8, 4) is 0 Å². The van der Waals surface area contributed by atoms with Crippen LogP contribution in [0.5, 0.6) is 0 Å². The van der Waals surface area contributed by atoms with Gasteiger partial charge in [-0.2, -0.15) is 15.8 Å². The number of fused-ring (bicyclic) bond motifs is 1. The molecule has 0 amide bonds. The summed E-state index contributed by atoms with van der Waals surface area (Å²) in [5, 5.41) is 8.55. The summed E-state index contributed by atoms with van der Waals surface area (Å²) in [7, 11) is 6.66. The molecule has 0 N–H and O–H groups in total. The van der Waals surface area contributed by atoms with Crippen LogP contribution in [0.25, 0.3) is 5.65 Å². The molecule has 4 rings (SSSR count). The predicted molar refractivity (Wildman–Crippen MR) is 83.7 cm³/mol. The fraction of sp³-hybridized carbons (Fsp3) is 0.200. The molecule has 0 unspecified atom stereocenters. The van der Waals surface area contributed by atoms with E-state index in [9.17, 15) is 0 Å². The van der Waals surface area contributed by atoms with Gasteiger partial charge in [0.15, 0.2) is 0 Å². The van der Waals surface area contributed by atoms with E-state index in [1.54, 1.807) is 31.2 Å². The molecule has 4 aromatic heterocycles. The van der Waals surface area contributed by atoms with Crippen molar-refractivity contribution in [1.29, 1.82) is 0 Å². The number of hydrogen-bond donors (Lipinski definition) is 0. The van der Waals surface area contributed by atoms with E-state index in [1.807, 2.05) is 40.9 Å². The molecule has 0 aliphatic heterocycles. The van der Waals surface area contributed by atoms with E-state index in [0.29, 0.717) is 13.1 Å². The first kappa shape index (κ1) is 16.1. The summed E-state index contributed by atoms with van der Waals surface area (Å²) in [5.41, 5.74) is 3.37. The van der Waals surface area contributed by atoms with Crippen LogP contribution in [0.4, 0.5) is 0 Å². The summed E-state index contributed by atoms with van der Waals surface area (Å²) in [6, 6.07) is 7.37. The van der Waals surface area contributed by atoms with Gasteiger partial charge in [-0.1, -0.05) is 5.69 Å². The summed E-state index contributed by atoms with van der Waals surface area (Å²) < 4.78 is 8.10. The quantitative estimate of drug-likeness (QED) is 0.396. The molecule has 0 aromatic carbocycles. The maximum absolute atomic E-state index is 4.61. The standard InChI is InChI=1S/C15H15N6.ClH.Pt/c1-18-8-9-21-14(12-20-7-3-5-17-20)10-13(15(18)21)11-19-6-2-4-16-19;;/h2-9H,11-12H2,1H3;1H;/q-1;;+2/p-1. The number of aryl methyl sites for hydroxylation is 1. The van der Waals surface area contributed by atoms with Crippen LogP contribution in [0.2, 0.25) is 0 Å². The second-order valence-electron chi connectivity index (χ2n) is 5.06.